The fourth-order valence-corrected chi connectivity index (χ4v) is 5.27. The molecular formula is C21H40N2. The summed E-state index contributed by atoms with van der Waals surface area (Å²) < 4.78 is 0. The van der Waals surface area contributed by atoms with Gasteiger partial charge in [0.1, 0.15) is 0 Å². The van der Waals surface area contributed by atoms with Crippen LogP contribution in [-0.2, 0) is 0 Å². The molecule has 0 spiro atoms. The Morgan fingerprint density at radius 3 is 2.17 bits per heavy atom. The number of piperidine rings is 1. The molecule has 2 heteroatoms. The standard InChI is InChI=1S/C21H40N2/c1-17(2)19-13-20(22-14-18-9-5-3-6-10-18)16-23(15-19)21-11-7-4-8-12-21/h17-22H,3-16H2,1-2H3. The van der Waals surface area contributed by atoms with E-state index < -0.39 is 0 Å². The molecule has 134 valence electrons. The second kappa shape index (κ2) is 8.85. The van der Waals surface area contributed by atoms with Crippen molar-refractivity contribution in [3.05, 3.63) is 0 Å². The van der Waals surface area contributed by atoms with Gasteiger partial charge in [-0.15, -0.1) is 0 Å². The van der Waals surface area contributed by atoms with E-state index in [2.05, 4.69) is 24.1 Å². The highest BCUT2D eigenvalue weighted by Gasteiger charge is 2.33. The van der Waals surface area contributed by atoms with Crippen LogP contribution in [0.5, 0.6) is 0 Å². The van der Waals surface area contributed by atoms with Gasteiger partial charge in [-0.05, 0) is 56.4 Å². The summed E-state index contributed by atoms with van der Waals surface area (Å²) in [6.45, 7) is 8.85. The molecule has 2 atom stereocenters. The molecule has 0 bridgehead atoms. The number of nitrogens with zero attached hydrogens (tertiary/aromatic N) is 1. The Labute approximate surface area is 144 Å². The van der Waals surface area contributed by atoms with Gasteiger partial charge in [0.25, 0.3) is 0 Å². The Balaban J connectivity index is 1.52. The lowest BCUT2D eigenvalue weighted by molar-refractivity contribution is 0.0603. The van der Waals surface area contributed by atoms with Crippen LogP contribution in [0.4, 0.5) is 0 Å². The van der Waals surface area contributed by atoms with Crippen molar-refractivity contribution < 1.29 is 0 Å². The Hall–Kier alpha value is -0.0800. The summed E-state index contributed by atoms with van der Waals surface area (Å²) in [7, 11) is 0. The number of likely N-dealkylation sites (tertiary alicyclic amines) is 1. The first kappa shape index (κ1) is 17.7. The first-order valence-electron chi connectivity index (χ1n) is 10.7. The monoisotopic (exact) mass is 320 g/mol. The van der Waals surface area contributed by atoms with E-state index in [-0.39, 0.29) is 0 Å². The minimum Gasteiger partial charge on any atom is -0.312 e. The second-order valence-corrected chi connectivity index (χ2v) is 9.09. The SMILES string of the molecule is CC(C)C1CC(NCC2CCCCC2)CN(C2CCCCC2)C1. The van der Waals surface area contributed by atoms with E-state index in [0.717, 1.165) is 29.8 Å². The van der Waals surface area contributed by atoms with Crippen LogP contribution in [0.15, 0.2) is 0 Å². The van der Waals surface area contributed by atoms with Gasteiger partial charge in [-0.2, -0.15) is 0 Å². The first-order valence-corrected chi connectivity index (χ1v) is 10.7. The molecule has 0 aromatic heterocycles. The number of hydrogen-bond donors (Lipinski definition) is 1. The fourth-order valence-electron chi connectivity index (χ4n) is 5.27. The normalized spacial score (nSPS) is 32.5. The highest BCUT2D eigenvalue weighted by atomic mass is 15.2. The lowest BCUT2D eigenvalue weighted by atomic mass is 9.82. The third kappa shape index (κ3) is 5.19. The van der Waals surface area contributed by atoms with Crippen LogP contribution >= 0.6 is 0 Å². The van der Waals surface area contributed by atoms with E-state index in [1.165, 1.54) is 90.3 Å². The molecule has 1 aliphatic heterocycles. The van der Waals surface area contributed by atoms with E-state index in [0.29, 0.717) is 0 Å². The van der Waals surface area contributed by atoms with Crippen LogP contribution in [0.1, 0.15) is 84.5 Å². The molecule has 2 aliphatic carbocycles. The molecule has 2 unspecified atom stereocenters. The van der Waals surface area contributed by atoms with Crippen molar-refractivity contribution in [2.45, 2.75) is 96.6 Å². The molecular weight excluding hydrogens is 280 g/mol. The van der Waals surface area contributed by atoms with Gasteiger partial charge >= 0.3 is 0 Å². The van der Waals surface area contributed by atoms with Crippen LogP contribution in [-0.4, -0.2) is 36.6 Å². The maximum atomic E-state index is 4.00. The van der Waals surface area contributed by atoms with Crippen LogP contribution in [0, 0.1) is 17.8 Å². The van der Waals surface area contributed by atoms with Gasteiger partial charge in [-0.25, -0.2) is 0 Å². The zero-order valence-electron chi connectivity index (χ0n) is 15.7. The predicted octanol–water partition coefficient (Wildman–Crippen LogP) is 4.84. The van der Waals surface area contributed by atoms with Gasteiger partial charge in [-0.3, -0.25) is 4.90 Å². The molecule has 3 aliphatic rings. The average molecular weight is 321 g/mol. The molecule has 1 heterocycles. The van der Waals surface area contributed by atoms with E-state index in [1.54, 1.807) is 0 Å². The number of hydrogen-bond acceptors (Lipinski definition) is 2. The van der Waals surface area contributed by atoms with Gasteiger partial charge in [0, 0.05) is 25.2 Å². The molecule has 1 saturated heterocycles. The fraction of sp³-hybridized carbons (Fsp3) is 1.00. The summed E-state index contributed by atoms with van der Waals surface area (Å²) in [5.41, 5.74) is 0. The third-order valence-electron chi connectivity index (χ3n) is 6.97. The summed E-state index contributed by atoms with van der Waals surface area (Å²) in [4.78, 5) is 2.88. The van der Waals surface area contributed by atoms with E-state index in [4.69, 9.17) is 0 Å². The molecule has 1 N–H and O–H groups in total. The molecule has 0 aromatic carbocycles. The zero-order valence-corrected chi connectivity index (χ0v) is 15.7. The quantitative estimate of drug-likeness (QED) is 0.780. The van der Waals surface area contributed by atoms with Crippen molar-refractivity contribution in [3.63, 3.8) is 0 Å². The molecule has 2 saturated carbocycles. The second-order valence-electron chi connectivity index (χ2n) is 9.09. The summed E-state index contributed by atoms with van der Waals surface area (Å²) in [5, 5.41) is 4.00. The van der Waals surface area contributed by atoms with Gasteiger partial charge in [0.2, 0.25) is 0 Å². The Kier molecular flexibility index (Phi) is 6.83. The summed E-state index contributed by atoms with van der Waals surface area (Å²) in [6, 6.07) is 1.64. The van der Waals surface area contributed by atoms with Crippen molar-refractivity contribution in [2.75, 3.05) is 19.6 Å². The van der Waals surface area contributed by atoms with Gasteiger partial charge in [0.15, 0.2) is 0 Å². The average Bonchev–Trinajstić information content (AvgIpc) is 2.61. The molecule has 23 heavy (non-hydrogen) atoms. The van der Waals surface area contributed by atoms with Crippen molar-refractivity contribution in [1.29, 1.82) is 0 Å². The first-order chi connectivity index (χ1) is 11.2. The van der Waals surface area contributed by atoms with Gasteiger partial charge < -0.3 is 5.32 Å². The third-order valence-corrected chi connectivity index (χ3v) is 6.97. The molecule has 0 aromatic rings. The Bertz CT molecular complexity index is 329. The Morgan fingerprint density at radius 1 is 0.870 bits per heavy atom. The maximum Gasteiger partial charge on any atom is 0.0198 e. The van der Waals surface area contributed by atoms with E-state index in [1.807, 2.05) is 0 Å². The summed E-state index contributed by atoms with van der Waals surface area (Å²) >= 11 is 0. The van der Waals surface area contributed by atoms with Crippen LogP contribution in [0.3, 0.4) is 0 Å². The molecule has 3 fully saturated rings. The highest BCUT2D eigenvalue weighted by molar-refractivity contribution is 4.89. The van der Waals surface area contributed by atoms with E-state index in [9.17, 15) is 0 Å². The van der Waals surface area contributed by atoms with Crippen LogP contribution in [0.2, 0.25) is 0 Å². The largest absolute Gasteiger partial charge is 0.312 e. The van der Waals surface area contributed by atoms with Gasteiger partial charge in [-0.1, -0.05) is 52.4 Å². The smallest absolute Gasteiger partial charge is 0.0198 e. The van der Waals surface area contributed by atoms with Crippen molar-refractivity contribution in [2.24, 2.45) is 17.8 Å². The van der Waals surface area contributed by atoms with Crippen LogP contribution < -0.4 is 5.32 Å². The van der Waals surface area contributed by atoms with Gasteiger partial charge in [0.05, 0.1) is 0 Å². The molecule has 0 amide bonds. The lowest BCUT2D eigenvalue weighted by Crippen LogP contribution is -2.54. The number of nitrogens with one attached hydrogen (secondary N) is 1. The van der Waals surface area contributed by atoms with Crippen molar-refractivity contribution in [3.8, 4) is 0 Å². The van der Waals surface area contributed by atoms with Crippen LogP contribution in [0.25, 0.3) is 0 Å². The maximum absolute atomic E-state index is 4.00. The van der Waals surface area contributed by atoms with Crippen molar-refractivity contribution >= 4 is 0 Å². The molecule has 0 radical (unpaired) electrons. The Morgan fingerprint density at radius 2 is 1.52 bits per heavy atom. The zero-order chi connectivity index (χ0) is 16.1. The highest BCUT2D eigenvalue weighted by Crippen LogP contribution is 2.30. The molecule has 3 rings (SSSR count). The summed E-state index contributed by atoms with van der Waals surface area (Å²) in [5.74, 6) is 2.70. The number of rotatable bonds is 5. The van der Waals surface area contributed by atoms with E-state index >= 15 is 0 Å². The topological polar surface area (TPSA) is 15.3 Å². The lowest BCUT2D eigenvalue weighted by Gasteiger charge is -2.45. The minimum atomic E-state index is 0.750. The van der Waals surface area contributed by atoms with Crippen molar-refractivity contribution in [1.82, 2.24) is 10.2 Å². The molecule has 2 nitrogen and oxygen atoms in total. The summed E-state index contributed by atoms with van der Waals surface area (Å²) in [6.07, 6.45) is 16.1. The minimum absolute atomic E-state index is 0.750. The predicted molar refractivity (Wildman–Crippen MR) is 99.8 cm³/mol.